The lowest BCUT2D eigenvalue weighted by molar-refractivity contribution is -0.113. The van der Waals surface area contributed by atoms with Crippen molar-refractivity contribution < 1.29 is 23.5 Å². The highest BCUT2D eigenvalue weighted by Crippen LogP contribution is 2.40. The van der Waals surface area contributed by atoms with Crippen LogP contribution >= 0.6 is 23.1 Å². The normalized spacial score (nSPS) is 19.3. The molecule has 0 aromatic carbocycles. The van der Waals surface area contributed by atoms with Gasteiger partial charge in [0.15, 0.2) is 11.0 Å². The molecule has 3 aromatic rings. The van der Waals surface area contributed by atoms with Crippen LogP contribution in [0.4, 0.5) is 5.00 Å². The van der Waals surface area contributed by atoms with Crippen molar-refractivity contribution in [3.8, 4) is 11.4 Å². The van der Waals surface area contributed by atoms with Crippen molar-refractivity contribution in [1.82, 2.24) is 14.8 Å². The second kappa shape index (κ2) is 10.8. The average Bonchev–Trinajstić information content (AvgIpc) is 3.65. The van der Waals surface area contributed by atoms with E-state index in [2.05, 4.69) is 22.4 Å². The lowest BCUT2D eigenvalue weighted by Crippen LogP contribution is -2.19. The summed E-state index contributed by atoms with van der Waals surface area (Å²) >= 11 is 2.80. The van der Waals surface area contributed by atoms with Gasteiger partial charge in [-0.25, -0.2) is 4.79 Å². The maximum atomic E-state index is 13.0. The second-order valence-electron chi connectivity index (χ2n) is 9.33. The van der Waals surface area contributed by atoms with Crippen LogP contribution in [0, 0.1) is 12.8 Å². The Bertz CT molecular complexity index is 1260. The van der Waals surface area contributed by atoms with Crippen LogP contribution in [0.2, 0.25) is 0 Å². The molecule has 11 heteroatoms. The zero-order valence-corrected chi connectivity index (χ0v) is 22.3. The fourth-order valence-electron chi connectivity index (χ4n) is 4.82. The molecule has 1 saturated heterocycles. The Hall–Kier alpha value is -2.63. The van der Waals surface area contributed by atoms with E-state index in [9.17, 15) is 9.59 Å². The van der Waals surface area contributed by atoms with Gasteiger partial charge in [-0.3, -0.25) is 9.36 Å². The van der Waals surface area contributed by atoms with E-state index in [1.54, 1.807) is 6.26 Å². The van der Waals surface area contributed by atoms with Crippen molar-refractivity contribution in [2.75, 3.05) is 24.8 Å². The van der Waals surface area contributed by atoms with E-state index in [-0.39, 0.29) is 17.8 Å². The molecule has 0 saturated carbocycles. The summed E-state index contributed by atoms with van der Waals surface area (Å²) in [6, 6.07) is 1.88. The first kappa shape index (κ1) is 25.0. The molecule has 2 aliphatic rings. The molecule has 192 valence electrons. The summed E-state index contributed by atoms with van der Waals surface area (Å²) in [7, 11) is 1.37. The van der Waals surface area contributed by atoms with Gasteiger partial charge < -0.3 is 19.2 Å². The van der Waals surface area contributed by atoms with E-state index in [4.69, 9.17) is 13.9 Å². The van der Waals surface area contributed by atoms with Gasteiger partial charge in [0.2, 0.25) is 5.91 Å². The highest BCUT2D eigenvalue weighted by atomic mass is 32.2. The third-order valence-electron chi connectivity index (χ3n) is 6.71. The van der Waals surface area contributed by atoms with Crippen molar-refractivity contribution >= 4 is 40.0 Å². The zero-order valence-electron chi connectivity index (χ0n) is 20.7. The molecule has 9 nitrogen and oxygen atoms in total. The third-order valence-corrected chi connectivity index (χ3v) is 8.85. The molecular weight excluding hydrogens is 500 g/mol. The summed E-state index contributed by atoms with van der Waals surface area (Å²) in [5, 5.41) is 13.0. The number of rotatable bonds is 8. The van der Waals surface area contributed by atoms with Gasteiger partial charge in [0, 0.05) is 11.5 Å². The number of fused-ring (bicyclic) bond motifs is 1. The Morgan fingerprint density at radius 3 is 2.92 bits per heavy atom. The van der Waals surface area contributed by atoms with Crippen LogP contribution in [0.3, 0.4) is 0 Å². The van der Waals surface area contributed by atoms with Crippen LogP contribution in [0.1, 0.15) is 52.7 Å². The maximum Gasteiger partial charge on any atom is 0.341 e. The number of anilines is 1. The number of thioether (sulfide) groups is 1. The maximum absolute atomic E-state index is 13.0. The van der Waals surface area contributed by atoms with Gasteiger partial charge in [-0.05, 0) is 56.6 Å². The Balaban J connectivity index is 1.33. The summed E-state index contributed by atoms with van der Waals surface area (Å²) < 4.78 is 18.4. The molecule has 3 aromatic heterocycles. The summed E-state index contributed by atoms with van der Waals surface area (Å²) in [6.45, 7) is 5.46. The minimum Gasteiger partial charge on any atom is -0.469 e. The number of furan rings is 1. The van der Waals surface area contributed by atoms with Gasteiger partial charge in [0.1, 0.15) is 10.8 Å². The largest absolute Gasteiger partial charge is 0.469 e. The molecule has 1 aliphatic carbocycles. The molecule has 1 N–H and O–H groups in total. The number of nitrogens with zero attached hydrogens (tertiary/aromatic N) is 3. The smallest absolute Gasteiger partial charge is 0.341 e. The first-order chi connectivity index (χ1) is 17.4. The number of amides is 1. The number of ether oxygens (including phenoxy) is 2. The standard InChI is InChI=1S/C25H30N4O5S2/c1-14-6-7-18-19(11-14)36-23(21(18)24(31)32-3)26-20(30)13-35-25-28-27-22(17-8-10-33-15(17)2)29(25)12-16-5-4-9-34-16/h8,10,14,16H,4-7,9,11-13H2,1-3H3,(H,26,30). The van der Waals surface area contributed by atoms with Crippen molar-refractivity contribution in [3.63, 3.8) is 0 Å². The van der Waals surface area contributed by atoms with Gasteiger partial charge in [-0.2, -0.15) is 0 Å². The molecule has 0 spiro atoms. The van der Waals surface area contributed by atoms with Gasteiger partial charge in [0.25, 0.3) is 0 Å². The van der Waals surface area contributed by atoms with E-state index in [0.29, 0.717) is 34.0 Å². The number of aromatic nitrogens is 3. The van der Waals surface area contributed by atoms with Crippen LogP contribution in [-0.4, -0.2) is 52.2 Å². The van der Waals surface area contributed by atoms with Gasteiger partial charge in [-0.1, -0.05) is 18.7 Å². The minimum atomic E-state index is -0.401. The lowest BCUT2D eigenvalue weighted by atomic mass is 9.88. The van der Waals surface area contributed by atoms with Crippen LogP contribution in [0.25, 0.3) is 11.4 Å². The molecule has 5 rings (SSSR count). The van der Waals surface area contributed by atoms with Crippen LogP contribution in [0.5, 0.6) is 0 Å². The number of thiophene rings is 1. The number of nitrogens with one attached hydrogen (secondary N) is 1. The highest BCUT2D eigenvalue weighted by Gasteiger charge is 2.29. The predicted octanol–water partition coefficient (Wildman–Crippen LogP) is 4.73. The highest BCUT2D eigenvalue weighted by molar-refractivity contribution is 7.99. The number of carbonyl (C=O) groups is 2. The van der Waals surface area contributed by atoms with Gasteiger partial charge in [-0.15, -0.1) is 21.5 Å². The number of hydrogen-bond donors (Lipinski definition) is 1. The fourth-order valence-corrected chi connectivity index (χ4v) is 6.98. The van der Waals surface area contributed by atoms with E-state index in [1.807, 2.05) is 17.6 Å². The van der Waals surface area contributed by atoms with Crippen molar-refractivity contribution in [2.24, 2.45) is 5.92 Å². The topological polar surface area (TPSA) is 108 Å². The summed E-state index contributed by atoms with van der Waals surface area (Å²) in [5.41, 5.74) is 2.39. The van der Waals surface area contributed by atoms with E-state index < -0.39 is 5.97 Å². The predicted molar refractivity (Wildman–Crippen MR) is 138 cm³/mol. The molecule has 2 unspecified atom stereocenters. The number of carbonyl (C=O) groups excluding carboxylic acids is 2. The summed E-state index contributed by atoms with van der Waals surface area (Å²) in [4.78, 5) is 26.7. The Labute approximate surface area is 217 Å². The van der Waals surface area contributed by atoms with E-state index in [1.165, 1.54) is 30.2 Å². The summed E-state index contributed by atoms with van der Waals surface area (Å²) in [6.07, 6.45) is 6.49. The van der Waals surface area contributed by atoms with Gasteiger partial charge >= 0.3 is 5.97 Å². The minimum absolute atomic E-state index is 0.0857. The Morgan fingerprint density at radius 1 is 1.33 bits per heavy atom. The molecule has 4 heterocycles. The Morgan fingerprint density at radius 2 is 2.19 bits per heavy atom. The zero-order chi connectivity index (χ0) is 25.2. The molecule has 0 radical (unpaired) electrons. The molecule has 36 heavy (non-hydrogen) atoms. The molecular formula is C25H30N4O5S2. The van der Waals surface area contributed by atoms with Crippen LogP contribution < -0.4 is 5.32 Å². The number of methoxy groups -OCH3 is 1. The first-order valence-electron chi connectivity index (χ1n) is 12.2. The van der Waals surface area contributed by atoms with Crippen molar-refractivity contribution in [2.45, 2.75) is 63.8 Å². The fraction of sp³-hybridized carbons (Fsp3) is 0.520. The number of aryl methyl sites for hydroxylation is 1. The third kappa shape index (κ3) is 5.09. The molecule has 0 bridgehead atoms. The first-order valence-corrected chi connectivity index (χ1v) is 14.0. The number of hydrogen-bond acceptors (Lipinski definition) is 9. The van der Waals surface area contributed by atoms with Crippen LogP contribution in [-0.2, 0) is 33.7 Å². The SMILES string of the molecule is COC(=O)c1c(NC(=O)CSc2nnc(-c3ccoc3C)n2CC2CCCO2)sc2c1CCC(C)C2. The monoisotopic (exact) mass is 530 g/mol. The second-order valence-corrected chi connectivity index (χ2v) is 11.4. The van der Waals surface area contributed by atoms with E-state index in [0.717, 1.165) is 60.5 Å². The van der Waals surface area contributed by atoms with Crippen molar-refractivity contribution in [1.29, 1.82) is 0 Å². The quantitative estimate of drug-likeness (QED) is 0.329. The van der Waals surface area contributed by atoms with E-state index >= 15 is 0 Å². The van der Waals surface area contributed by atoms with Crippen molar-refractivity contribution in [3.05, 3.63) is 34.1 Å². The lowest BCUT2D eigenvalue weighted by Gasteiger charge is -2.18. The molecule has 2 atom stereocenters. The number of esters is 1. The van der Waals surface area contributed by atoms with Crippen LogP contribution in [0.15, 0.2) is 21.9 Å². The molecule has 1 fully saturated rings. The molecule has 1 amide bonds. The molecule has 1 aliphatic heterocycles. The summed E-state index contributed by atoms with van der Waals surface area (Å²) in [5.74, 6) is 1.55. The Kier molecular flexibility index (Phi) is 7.49. The average molecular weight is 531 g/mol. The van der Waals surface area contributed by atoms with Gasteiger partial charge in [0.05, 0.1) is 42.9 Å².